The zero-order valence-corrected chi connectivity index (χ0v) is 14.5. The van der Waals surface area contributed by atoms with Crippen LogP contribution >= 0.6 is 11.3 Å². The highest BCUT2D eigenvalue weighted by atomic mass is 32.1. The third-order valence-electron chi connectivity index (χ3n) is 4.77. The van der Waals surface area contributed by atoms with Crippen molar-refractivity contribution in [3.05, 3.63) is 34.2 Å². The minimum Gasteiger partial charge on any atom is -0.481 e. The molecule has 1 amide bonds. The van der Waals surface area contributed by atoms with E-state index in [1.807, 2.05) is 4.90 Å². The smallest absolute Gasteiger partial charge is 0.228 e. The van der Waals surface area contributed by atoms with Crippen LogP contribution in [-0.2, 0) is 17.8 Å². The van der Waals surface area contributed by atoms with Crippen LogP contribution in [0.15, 0.2) is 23.7 Å². The molecular weight excluding hydrogens is 324 g/mol. The van der Waals surface area contributed by atoms with Crippen LogP contribution in [0.2, 0.25) is 0 Å². The number of rotatable bonds is 3. The third-order valence-corrected chi connectivity index (χ3v) is 5.79. The second kappa shape index (κ2) is 6.39. The van der Waals surface area contributed by atoms with E-state index in [1.165, 1.54) is 10.4 Å². The average molecular weight is 344 g/mol. The van der Waals surface area contributed by atoms with Gasteiger partial charge in [0.25, 0.3) is 0 Å². The Morgan fingerprint density at radius 1 is 1.38 bits per heavy atom. The molecule has 1 fully saturated rings. The topological polar surface area (TPSA) is 58.6 Å². The zero-order chi connectivity index (χ0) is 16.5. The van der Waals surface area contributed by atoms with Crippen LogP contribution in [0.25, 0.3) is 0 Å². The first-order valence-corrected chi connectivity index (χ1v) is 9.08. The number of hydrogen-bond donors (Lipinski definition) is 0. The molecule has 0 aromatic carbocycles. The molecule has 0 aliphatic carbocycles. The van der Waals surface area contributed by atoms with E-state index in [4.69, 9.17) is 4.74 Å². The van der Waals surface area contributed by atoms with Crippen molar-refractivity contribution in [1.82, 2.24) is 14.9 Å². The van der Waals surface area contributed by atoms with Crippen LogP contribution in [-0.4, -0.2) is 47.5 Å². The van der Waals surface area contributed by atoms with Crippen molar-refractivity contribution in [3.63, 3.8) is 0 Å². The first-order chi connectivity index (χ1) is 11.7. The summed E-state index contributed by atoms with van der Waals surface area (Å²) in [7, 11) is 1.59. The minimum atomic E-state index is 0.0278. The van der Waals surface area contributed by atoms with Gasteiger partial charge in [0.1, 0.15) is 0 Å². The van der Waals surface area contributed by atoms with Crippen LogP contribution in [0.4, 0.5) is 5.95 Å². The first-order valence-electron chi connectivity index (χ1n) is 8.20. The number of hydrogen-bond acceptors (Lipinski definition) is 6. The highest BCUT2D eigenvalue weighted by Gasteiger charge is 2.34. The number of thiophene rings is 1. The average Bonchev–Trinajstić information content (AvgIpc) is 3.29. The predicted octanol–water partition coefficient (Wildman–Crippen LogP) is 1.96. The normalized spacial score (nSPS) is 20.1. The molecule has 2 aromatic heterocycles. The summed E-state index contributed by atoms with van der Waals surface area (Å²) >= 11 is 1.80. The van der Waals surface area contributed by atoms with Gasteiger partial charge in [-0.1, -0.05) is 0 Å². The summed E-state index contributed by atoms with van der Waals surface area (Å²) in [4.78, 5) is 27.1. The van der Waals surface area contributed by atoms with Gasteiger partial charge in [0.05, 0.1) is 13.0 Å². The summed E-state index contributed by atoms with van der Waals surface area (Å²) < 4.78 is 5.16. The van der Waals surface area contributed by atoms with Gasteiger partial charge < -0.3 is 14.5 Å². The molecule has 2 aliphatic heterocycles. The van der Waals surface area contributed by atoms with Gasteiger partial charge in [-0.15, -0.1) is 11.3 Å². The summed E-state index contributed by atoms with van der Waals surface area (Å²) in [5.74, 6) is 1.48. The van der Waals surface area contributed by atoms with Crippen LogP contribution in [0.1, 0.15) is 16.9 Å². The number of nitrogens with zero attached hydrogens (tertiary/aromatic N) is 4. The molecule has 0 bridgehead atoms. The van der Waals surface area contributed by atoms with Gasteiger partial charge in [0.15, 0.2) is 0 Å². The molecule has 0 spiro atoms. The lowest BCUT2D eigenvalue weighted by Gasteiger charge is -2.29. The van der Waals surface area contributed by atoms with Crippen LogP contribution in [0.5, 0.6) is 5.88 Å². The fourth-order valence-corrected chi connectivity index (χ4v) is 4.33. The van der Waals surface area contributed by atoms with Crippen molar-refractivity contribution in [2.45, 2.75) is 19.4 Å². The fourth-order valence-electron chi connectivity index (χ4n) is 3.44. The van der Waals surface area contributed by atoms with E-state index in [-0.39, 0.29) is 11.8 Å². The Morgan fingerprint density at radius 2 is 2.29 bits per heavy atom. The maximum Gasteiger partial charge on any atom is 0.228 e. The lowest BCUT2D eigenvalue weighted by Crippen LogP contribution is -2.40. The summed E-state index contributed by atoms with van der Waals surface area (Å²) in [6, 6.07) is 3.87. The van der Waals surface area contributed by atoms with Crippen molar-refractivity contribution in [3.8, 4) is 5.88 Å². The molecule has 1 atom stereocenters. The molecule has 1 saturated heterocycles. The molecule has 1 unspecified atom stereocenters. The number of carbonyl (C=O) groups excluding carboxylic acids is 1. The zero-order valence-electron chi connectivity index (χ0n) is 13.6. The number of methoxy groups -OCH3 is 1. The molecule has 0 N–H and O–H groups in total. The fraction of sp³-hybridized carbons (Fsp3) is 0.471. The molecule has 4 heterocycles. The van der Waals surface area contributed by atoms with E-state index < -0.39 is 0 Å². The van der Waals surface area contributed by atoms with Gasteiger partial charge in [0.2, 0.25) is 17.7 Å². The van der Waals surface area contributed by atoms with Crippen molar-refractivity contribution in [2.24, 2.45) is 5.92 Å². The predicted molar refractivity (Wildman–Crippen MR) is 92.3 cm³/mol. The highest BCUT2D eigenvalue weighted by Crippen LogP contribution is 2.28. The third kappa shape index (κ3) is 2.84. The van der Waals surface area contributed by atoms with Crippen molar-refractivity contribution >= 4 is 23.2 Å². The minimum absolute atomic E-state index is 0.0278. The Hall–Kier alpha value is -2.15. The molecule has 2 aliphatic rings. The van der Waals surface area contributed by atoms with Crippen molar-refractivity contribution in [1.29, 1.82) is 0 Å². The SMILES string of the molecule is COc1ccnc(N2CCC(C(=O)N3CCc4sccc4C3)C2)n1. The van der Waals surface area contributed by atoms with E-state index in [0.29, 0.717) is 18.4 Å². The molecule has 6 nitrogen and oxygen atoms in total. The van der Waals surface area contributed by atoms with Gasteiger partial charge in [-0.3, -0.25) is 4.79 Å². The molecule has 24 heavy (non-hydrogen) atoms. The van der Waals surface area contributed by atoms with E-state index in [9.17, 15) is 4.79 Å². The lowest BCUT2D eigenvalue weighted by molar-refractivity contribution is -0.135. The van der Waals surface area contributed by atoms with Gasteiger partial charge in [0, 0.05) is 43.3 Å². The molecular formula is C17H20N4O2S. The van der Waals surface area contributed by atoms with E-state index in [2.05, 4.69) is 26.3 Å². The molecule has 0 radical (unpaired) electrons. The van der Waals surface area contributed by atoms with E-state index in [0.717, 1.165) is 32.5 Å². The summed E-state index contributed by atoms with van der Waals surface area (Å²) in [5.41, 5.74) is 1.31. The quantitative estimate of drug-likeness (QED) is 0.852. The maximum absolute atomic E-state index is 12.9. The number of anilines is 1. The second-order valence-electron chi connectivity index (χ2n) is 6.21. The lowest BCUT2D eigenvalue weighted by atomic mass is 10.0. The standard InChI is InChI=1S/C17H20N4O2S/c1-23-15-2-6-18-17(19-15)21-7-3-13(11-21)16(22)20-8-4-14-12(10-20)5-9-24-14/h2,5-6,9,13H,3-4,7-8,10-11H2,1H3. The molecule has 126 valence electrons. The Morgan fingerprint density at radius 3 is 3.17 bits per heavy atom. The van der Waals surface area contributed by atoms with Crippen molar-refractivity contribution in [2.75, 3.05) is 31.6 Å². The van der Waals surface area contributed by atoms with Gasteiger partial charge in [-0.25, -0.2) is 4.98 Å². The van der Waals surface area contributed by atoms with E-state index in [1.54, 1.807) is 30.7 Å². The Balaban J connectivity index is 1.42. The number of fused-ring (bicyclic) bond motifs is 1. The van der Waals surface area contributed by atoms with Gasteiger partial charge in [-0.2, -0.15) is 4.98 Å². The largest absolute Gasteiger partial charge is 0.481 e. The van der Waals surface area contributed by atoms with Crippen molar-refractivity contribution < 1.29 is 9.53 Å². The monoisotopic (exact) mass is 344 g/mol. The maximum atomic E-state index is 12.9. The van der Waals surface area contributed by atoms with Crippen LogP contribution in [0, 0.1) is 5.92 Å². The van der Waals surface area contributed by atoms with Gasteiger partial charge >= 0.3 is 0 Å². The highest BCUT2D eigenvalue weighted by molar-refractivity contribution is 7.10. The van der Waals surface area contributed by atoms with Gasteiger partial charge in [-0.05, 0) is 29.9 Å². The molecule has 7 heteroatoms. The summed E-state index contributed by atoms with van der Waals surface area (Å²) in [5, 5.41) is 2.12. The Kier molecular flexibility index (Phi) is 4.10. The summed E-state index contributed by atoms with van der Waals surface area (Å²) in [6.07, 6.45) is 3.53. The number of amides is 1. The number of ether oxygens (including phenoxy) is 1. The Bertz CT molecular complexity index is 748. The summed E-state index contributed by atoms with van der Waals surface area (Å²) in [6.45, 7) is 3.07. The Labute approximate surface area is 145 Å². The van der Waals surface area contributed by atoms with E-state index >= 15 is 0 Å². The first kappa shape index (κ1) is 15.4. The number of carbonyl (C=O) groups is 1. The van der Waals surface area contributed by atoms with Crippen LogP contribution in [0.3, 0.4) is 0 Å². The number of aromatic nitrogens is 2. The van der Waals surface area contributed by atoms with Crippen LogP contribution < -0.4 is 9.64 Å². The molecule has 2 aromatic rings. The molecule has 0 saturated carbocycles. The molecule has 4 rings (SSSR count). The second-order valence-corrected chi connectivity index (χ2v) is 7.21.